The van der Waals surface area contributed by atoms with Gasteiger partial charge in [0.25, 0.3) is 0 Å². The van der Waals surface area contributed by atoms with Gasteiger partial charge >= 0.3 is 5.97 Å². The molecule has 0 spiro atoms. The molecule has 1 aliphatic rings. The van der Waals surface area contributed by atoms with Gasteiger partial charge in [-0.3, -0.25) is 9.59 Å². The van der Waals surface area contributed by atoms with Crippen LogP contribution in [0.4, 0.5) is 5.69 Å². The number of anilines is 1. The summed E-state index contributed by atoms with van der Waals surface area (Å²) in [5.41, 5.74) is 3.16. The van der Waals surface area contributed by atoms with Crippen molar-refractivity contribution in [1.82, 2.24) is 0 Å². The van der Waals surface area contributed by atoms with Crippen molar-refractivity contribution in [3.8, 4) is 5.75 Å². The second-order valence-corrected chi connectivity index (χ2v) is 7.06. The number of benzene rings is 2. The maximum absolute atomic E-state index is 13.0. The zero-order valence-corrected chi connectivity index (χ0v) is 16.7. The Bertz CT molecular complexity index is 1320. The molecule has 0 fully saturated rings. The van der Waals surface area contributed by atoms with Crippen LogP contribution in [0.1, 0.15) is 23.3 Å². The van der Waals surface area contributed by atoms with E-state index in [9.17, 15) is 14.4 Å². The van der Waals surface area contributed by atoms with Crippen molar-refractivity contribution in [3.63, 3.8) is 0 Å². The van der Waals surface area contributed by atoms with Gasteiger partial charge in [0.05, 0.1) is 12.5 Å². The number of hydrogen-bond acceptors (Lipinski definition) is 5. The molecule has 3 aromatic rings. The number of aliphatic carboxylic acids is 1. The van der Waals surface area contributed by atoms with E-state index in [1.54, 1.807) is 25.3 Å². The smallest absolute Gasteiger partial charge is 0.328 e. The highest BCUT2D eigenvalue weighted by molar-refractivity contribution is 6.03. The van der Waals surface area contributed by atoms with Crippen molar-refractivity contribution in [2.24, 2.45) is 0 Å². The number of carboxylic acid groups (broad SMARTS) is 1. The number of carbonyl (C=O) groups is 2. The Balaban J connectivity index is 1.71. The minimum absolute atomic E-state index is 0.0889. The van der Waals surface area contributed by atoms with Crippen molar-refractivity contribution >= 4 is 40.2 Å². The molecule has 0 bridgehead atoms. The summed E-state index contributed by atoms with van der Waals surface area (Å²) in [5.74, 6) is -0.520. The molecule has 0 aliphatic heterocycles. The first kappa shape index (κ1) is 20.2. The number of hydrogen-bond donors (Lipinski definition) is 2. The van der Waals surface area contributed by atoms with Gasteiger partial charge in [-0.25, -0.2) is 4.79 Å². The summed E-state index contributed by atoms with van der Waals surface area (Å²) in [4.78, 5) is 35.3. The molecule has 0 saturated carbocycles. The predicted octanol–water partition coefficient (Wildman–Crippen LogP) is 3.87. The zero-order valence-electron chi connectivity index (χ0n) is 16.7. The number of carbonyl (C=O) groups excluding carboxylic acids is 1. The summed E-state index contributed by atoms with van der Waals surface area (Å²) in [7, 11) is 1.61. The molecule has 0 saturated heterocycles. The summed E-state index contributed by atoms with van der Waals surface area (Å²) in [6.07, 6.45) is 4.93. The molecule has 7 heteroatoms. The minimum Gasteiger partial charge on any atom is -0.497 e. The van der Waals surface area contributed by atoms with Crippen molar-refractivity contribution in [2.45, 2.75) is 12.8 Å². The average molecular weight is 417 g/mol. The van der Waals surface area contributed by atoms with Gasteiger partial charge < -0.3 is 19.6 Å². The Morgan fingerprint density at radius 2 is 1.97 bits per heavy atom. The summed E-state index contributed by atoms with van der Waals surface area (Å²) in [6.45, 7) is 0. The van der Waals surface area contributed by atoms with Crippen LogP contribution >= 0.6 is 0 Å². The molecular formula is C24H19NO6. The number of amides is 1. The molecule has 31 heavy (non-hydrogen) atoms. The van der Waals surface area contributed by atoms with E-state index in [1.165, 1.54) is 0 Å². The number of allylic oxidation sites excluding steroid dienone is 1. The van der Waals surface area contributed by atoms with Crippen molar-refractivity contribution in [2.75, 3.05) is 12.4 Å². The molecule has 0 unspecified atom stereocenters. The third kappa shape index (κ3) is 4.25. The van der Waals surface area contributed by atoms with E-state index in [4.69, 9.17) is 14.3 Å². The maximum Gasteiger partial charge on any atom is 0.328 e. The monoisotopic (exact) mass is 417 g/mol. The fourth-order valence-corrected chi connectivity index (χ4v) is 3.57. The first-order valence-corrected chi connectivity index (χ1v) is 9.61. The second-order valence-electron chi connectivity index (χ2n) is 7.06. The Labute approximate surface area is 177 Å². The van der Waals surface area contributed by atoms with Gasteiger partial charge in [-0.05, 0) is 54.3 Å². The lowest BCUT2D eigenvalue weighted by atomic mass is 10.1. The Kier molecular flexibility index (Phi) is 5.41. The highest BCUT2D eigenvalue weighted by Crippen LogP contribution is 2.35. The van der Waals surface area contributed by atoms with Gasteiger partial charge in [0.15, 0.2) is 5.43 Å². The molecule has 1 heterocycles. The van der Waals surface area contributed by atoms with Crippen LogP contribution in [0, 0.1) is 0 Å². The highest BCUT2D eigenvalue weighted by atomic mass is 16.5. The standard InChI is InChI=1S/C24H19NO6/c1-30-17-4-2-3-14(12-17)11-15-5-7-19-23(29)18-8-6-16(13-20(18)31-24(15)19)25-21(26)9-10-22(27)28/h2-4,6,8-13H,5,7H2,1H3,(H,25,26)(H,27,28). The topological polar surface area (TPSA) is 106 Å². The molecule has 2 aromatic carbocycles. The van der Waals surface area contributed by atoms with Crippen LogP contribution in [0.15, 0.2) is 63.8 Å². The zero-order chi connectivity index (χ0) is 22.0. The Morgan fingerprint density at radius 1 is 1.13 bits per heavy atom. The SMILES string of the molecule is COc1cccc(C=C2CCc3c2oc2cc(NC(=O)C=CC(=O)O)ccc2c3=O)c1. The van der Waals surface area contributed by atoms with E-state index < -0.39 is 11.9 Å². The lowest BCUT2D eigenvalue weighted by Gasteiger charge is -2.07. The van der Waals surface area contributed by atoms with Crippen molar-refractivity contribution in [3.05, 3.63) is 81.7 Å². The number of methoxy groups -OCH3 is 1. The van der Waals surface area contributed by atoms with Crippen LogP contribution in [0.2, 0.25) is 0 Å². The van der Waals surface area contributed by atoms with E-state index in [0.717, 1.165) is 29.0 Å². The third-order valence-electron chi connectivity index (χ3n) is 5.00. The number of rotatable bonds is 5. The fourth-order valence-electron chi connectivity index (χ4n) is 3.57. The van der Waals surface area contributed by atoms with Gasteiger partial charge in [-0.2, -0.15) is 0 Å². The first-order chi connectivity index (χ1) is 14.9. The summed E-state index contributed by atoms with van der Waals surface area (Å²) >= 11 is 0. The van der Waals surface area contributed by atoms with Crippen LogP contribution in [0.25, 0.3) is 22.6 Å². The molecule has 0 atom stereocenters. The second kappa shape index (κ2) is 8.31. The summed E-state index contributed by atoms with van der Waals surface area (Å²) in [5, 5.41) is 11.6. The van der Waals surface area contributed by atoms with E-state index in [-0.39, 0.29) is 5.43 Å². The van der Waals surface area contributed by atoms with Crippen molar-refractivity contribution < 1.29 is 23.8 Å². The fraction of sp³-hybridized carbons (Fsp3) is 0.125. The predicted molar refractivity (Wildman–Crippen MR) is 117 cm³/mol. The summed E-state index contributed by atoms with van der Waals surface area (Å²) in [6, 6.07) is 12.4. The van der Waals surface area contributed by atoms with Crippen LogP contribution in [-0.4, -0.2) is 24.1 Å². The molecular weight excluding hydrogens is 398 g/mol. The summed E-state index contributed by atoms with van der Waals surface area (Å²) < 4.78 is 11.4. The first-order valence-electron chi connectivity index (χ1n) is 9.61. The quantitative estimate of drug-likeness (QED) is 0.611. The molecule has 7 nitrogen and oxygen atoms in total. The largest absolute Gasteiger partial charge is 0.497 e. The minimum atomic E-state index is -1.22. The molecule has 1 aromatic heterocycles. The van der Waals surface area contributed by atoms with Crippen molar-refractivity contribution in [1.29, 1.82) is 0 Å². The lowest BCUT2D eigenvalue weighted by molar-refractivity contribution is -0.131. The molecule has 156 valence electrons. The number of ether oxygens (including phenoxy) is 1. The normalized spacial score (nSPS) is 14.2. The molecule has 4 rings (SSSR count). The Morgan fingerprint density at radius 3 is 2.74 bits per heavy atom. The van der Waals surface area contributed by atoms with E-state index in [0.29, 0.717) is 40.8 Å². The van der Waals surface area contributed by atoms with E-state index in [1.807, 2.05) is 30.3 Å². The molecule has 2 N–H and O–H groups in total. The molecule has 0 radical (unpaired) electrons. The van der Waals surface area contributed by atoms with Crippen LogP contribution in [-0.2, 0) is 16.0 Å². The van der Waals surface area contributed by atoms with Gasteiger partial charge in [0.2, 0.25) is 5.91 Å². The lowest BCUT2D eigenvalue weighted by Crippen LogP contribution is -2.11. The molecule has 1 aliphatic carbocycles. The van der Waals surface area contributed by atoms with Gasteiger partial charge in [0.1, 0.15) is 17.1 Å². The highest BCUT2D eigenvalue weighted by Gasteiger charge is 2.24. The van der Waals surface area contributed by atoms with E-state index in [2.05, 4.69) is 5.32 Å². The number of carboxylic acids is 1. The third-order valence-corrected chi connectivity index (χ3v) is 5.00. The maximum atomic E-state index is 13.0. The Hall–Kier alpha value is -4.13. The number of nitrogens with one attached hydrogen (secondary N) is 1. The number of fused-ring (bicyclic) bond motifs is 2. The van der Waals surface area contributed by atoms with Crippen LogP contribution in [0.3, 0.4) is 0 Å². The van der Waals surface area contributed by atoms with Gasteiger partial charge in [0, 0.05) is 29.5 Å². The van der Waals surface area contributed by atoms with Crippen LogP contribution < -0.4 is 15.5 Å². The van der Waals surface area contributed by atoms with Gasteiger partial charge in [-0.1, -0.05) is 12.1 Å². The average Bonchev–Trinajstić information content (AvgIpc) is 3.15. The van der Waals surface area contributed by atoms with Crippen LogP contribution in [0.5, 0.6) is 5.75 Å². The van der Waals surface area contributed by atoms with E-state index >= 15 is 0 Å². The molecule has 1 amide bonds. The van der Waals surface area contributed by atoms with Gasteiger partial charge in [-0.15, -0.1) is 0 Å².